The number of ether oxygens (including phenoxy) is 3. The van der Waals surface area contributed by atoms with Crippen molar-refractivity contribution in [1.29, 1.82) is 0 Å². The van der Waals surface area contributed by atoms with Gasteiger partial charge in [0, 0.05) is 24.5 Å². The summed E-state index contributed by atoms with van der Waals surface area (Å²) < 4.78 is 38.4. The number of esters is 2. The minimum Gasteiger partial charge on any atom is -0.465 e. The quantitative estimate of drug-likeness (QED) is 0.112. The van der Waals surface area contributed by atoms with Gasteiger partial charge in [-0.15, -0.1) is 0 Å². The van der Waals surface area contributed by atoms with Crippen LogP contribution in [0.3, 0.4) is 0 Å². The Balaban J connectivity index is 1.93. The van der Waals surface area contributed by atoms with Crippen molar-refractivity contribution < 1.29 is 37.4 Å². The van der Waals surface area contributed by atoms with Crippen molar-refractivity contribution in [3.63, 3.8) is 0 Å². The Labute approximate surface area is 198 Å². The second-order valence-electron chi connectivity index (χ2n) is 6.25. The summed E-state index contributed by atoms with van der Waals surface area (Å²) in [5, 5.41) is 0. The van der Waals surface area contributed by atoms with Gasteiger partial charge in [0.1, 0.15) is 13.2 Å². The molecule has 0 saturated heterocycles. The number of carbonyl (C=O) groups excluding carboxylic acids is 2. The monoisotopic (exact) mass is 508 g/mol. The number of hydrogen-bond donors (Lipinski definition) is 0. The first-order chi connectivity index (χ1) is 15.5. The summed E-state index contributed by atoms with van der Waals surface area (Å²) in [6.07, 6.45) is 0.988. The van der Waals surface area contributed by atoms with Gasteiger partial charge in [-0.2, -0.15) is 0 Å². The van der Waals surface area contributed by atoms with Crippen LogP contribution in [0.5, 0.6) is 0 Å². The Hall–Kier alpha value is -1.03. The summed E-state index contributed by atoms with van der Waals surface area (Å²) in [4.78, 5) is 23.5. The molecule has 32 heavy (non-hydrogen) atoms. The van der Waals surface area contributed by atoms with E-state index in [1.54, 1.807) is 59.7 Å². The molecule has 0 N–H and O–H groups in total. The molecule has 0 heterocycles. The smallest absolute Gasteiger partial charge is 0.338 e. The van der Waals surface area contributed by atoms with E-state index in [1.807, 2.05) is 6.07 Å². The van der Waals surface area contributed by atoms with Crippen molar-refractivity contribution in [1.82, 2.24) is 0 Å². The SMILES string of the molecule is CCOP(=O)(CCOCCCC(=O)OCCSSCCOC(=O)c1ccccc1)OCC. The van der Waals surface area contributed by atoms with Gasteiger partial charge >= 0.3 is 19.5 Å². The van der Waals surface area contributed by atoms with Crippen LogP contribution in [0.1, 0.15) is 37.0 Å². The molecule has 1 aromatic carbocycles. The maximum Gasteiger partial charge on any atom is 0.338 e. The summed E-state index contributed by atoms with van der Waals surface area (Å²) in [5.41, 5.74) is 0.540. The van der Waals surface area contributed by atoms with E-state index in [4.69, 9.17) is 23.3 Å². The maximum atomic E-state index is 12.2. The van der Waals surface area contributed by atoms with E-state index in [0.29, 0.717) is 56.5 Å². The summed E-state index contributed by atoms with van der Waals surface area (Å²) in [6.45, 7) is 5.45. The van der Waals surface area contributed by atoms with Gasteiger partial charge in [0.25, 0.3) is 0 Å². The summed E-state index contributed by atoms with van der Waals surface area (Å²) >= 11 is 0. The molecule has 0 radical (unpaired) electrons. The van der Waals surface area contributed by atoms with Crippen molar-refractivity contribution in [3.8, 4) is 0 Å². The van der Waals surface area contributed by atoms with Crippen molar-refractivity contribution in [2.24, 2.45) is 0 Å². The van der Waals surface area contributed by atoms with Crippen molar-refractivity contribution in [3.05, 3.63) is 35.9 Å². The molecule has 0 atom stereocenters. The summed E-state index contributed by atoms with van der Waals surface area (Å²) in [6, 6.07) is 8.86. The molecule has 0 aliphatic rings. The van der Waals surface area contributed by atoms with Gasteiger partial charge in [-0.05, 0) is 32.4 Å². The molecule has 11 heteroatoms. The molecule has 0 spiro atoms. The number of carbonyl (C=O) groups is 2. The fraction of sp³-hybridized carbons (Fsp3) is 0.619. The normalized spacial score (nSPS) is 11.3. The fourth-order valence-electron chi connectivity index (χ4n) is 2.36. The number of hydrogen-bond acceptors (Lipinski definition) is 10. The lowest BCUT2D eigenvalue weighted by Gasteiger charge is -2.16. The zero-order valence-electron chi connectivity index (χ0n) is 18.7. The average molecular weight is 509 g/mol. The lowest BCUT2D eigenvalue weighted by Crippen LogP contribution is -2.10. The van der Waals surface area contributed by atoms with Gasteiger partial charge in [-0.1, -0.05) is 39.8 Å². The minimum atomic E-state index is -3.08. The standard InChI is InChI=1S/C21H33O8PS2/c1-3-28-30(24,29-4-2)16-13-25-12-8-11-20(22)26-14-17-31-32-18-15-27-21(23)19-9-6-5-7-10-19/h5-7,9-10H,3-4,8,11-18H2,1-2H3. The third-order valence-electron chi connectivity index (χ3n) is 3.75. The first-order valence-electron chi connectivity index (χ1n) is 10.6. The lowest BCUT2D eigenvalue weighted by atomic mass is 10.2. The van der Waals surface area contributed by atoms with Crippen LogP contribution in [0.4, 0.5) is 0 Å². The van der Waals surface area contributed by atoms with E-state index >= 15 is 0 Å². The Morgan fingerprint density at radius 2 is 1.50 bits per heavy atom. The molecular weight excluding hydrogens is 475 g/mol. The van der Waals surface area contributed by atoms with Crippen LogP contribution in [0.25, 0.3) is 0 Å². The average Bonchev–Trinajstić information content (AvgIpc) is 2.78. The predicted octanol–water partition coefficient (Wildman–Crippen LogP) is 4.83. The third kappa shape index (κ3) is 14.2. The highest BCUT2D eigenvalue weighted by Crippen LogP contribution is 2.47. The van der Waals surface area contributed by atoms with Crippen LogP contribution in [-0.2, 0) is 32.6 Å². The Bertz CT molecular complexity index is 680. The molecule has 0 amide bonds. The van der Waals surface area contributed by atoms with Crippen molar-refractivity contribution in [2.75, 3.05) is 57.3 Å². The van der Waals surface area contributed by atoms with Crippen LogP contribution >= 0.6 is 29.2 Å². The van der Waals surface area contributed by atoms with E-state index in [1.165, 1.54) is 0 Å². The summed E-state index contributed by atoms with van der Waals surface area (Å²) in [5.74, 6) is 0.717. The van der Waals surface area contributed by atoms with E-state index in [9.17, 15) is 14.2 Å². The van der Waals surface area contributed by atoms with E-state index < -0.39 is 7.60 Å². The molecule has 182 valence electrons. The van der Waals surface area contributed by atoms with E-state index in [2.05, 4.69) is 0 Å². The molecule has 0 saturated carbocycles. The van der Waals surface area contributed by atoms with Gasteiger partial charge < -0.3 is 23.3 Å². The molecule has 8 nitrogen and oxygen atoms in total. The van der Waals surface area contributed by atoms with Crippen LogP contribution in [0.2, 0.25) is 0 Å². The Morgan fingerprint density at radius 3 is 2.12 bits per heavy atom. The largest absolute Gasteiger partial charge is 0.465 e. The third-order valence-corrected chi connectivity index (χ3v) is 8.12. The van der Waals surface area contributed by atoms with Crippen LogP contribution in [0.15, 0.2) is 30.3 Å². The highest BCUT2D eigenvalue weighted by atomic mass is 33.1. The Morgan fingerprint density at radius 1 is 0.875 bits per heavy atom. The van der Waals surface area contributed by atoms with Crippen molar-refractivity contribution in [2.45, 2.75) is 26.7 Å². The number of rotatable bonds is 19. The first-order valence-corrected chi connectivity index (χ1v) is 14.8. The fourth-order valence-corrected chi connectivity index (χ4v) is 5.49. The molecule has 1 rings (SSSR count). The van der Waals surface area contributed by atoms with Crippen molar-refractivity contribution >= 4 is 41.1 Å². The van der Waals surface area contributed by atoms with Gasteiger partial charge in [0.05, 0.1) is 31.5 Å². The second kappa shape index (κ2) is 18.4. The van der Waals surface area contributed by atoms with Gasteiger partial charge in [0.15, 0.2) is 0 Å². The Kier molecular flexibility index (Phi) is 16.7. The maximum absolute atomic E-state index is 12.2. The highest BCUT2D eigenvalue weighted by Gasteiger charge is 2.22. The molecule has 0 aromatic heterocycles. The van der Waals surface area contributed by atoms with Gasteiger partial charge in [-0.3, -0.25) is 9.36 Å². The molecule has 0 aliphatic heterocycles. The summed E-state index contributed by atoms with van der Waals surface area (Å²) in [7, 11) is 0.0429. The first kappa shape index (κ1) is 29.0. The van der Waals surface area contributed by atoms with E-state index in [0.717, 1.165) is 0 Å². The zero-order valence-corrected chi connectivity index (χ0v) is 21.2. The molecule has 0 fully saturated rings. The lowest BCUT2D eigenvalue weighted by molar-refractivity contribution is -0.143. The minimum absolute atomic E-state index is 0.194. The molecular formula is C21H33O8PS2. The molecule has 0 bridgehead atoms. The van der Waals surface area contributed by atoms with Crippen LogP contribution < -0.4 is 0 Å². The van der Waals surface area contributed by atoms with Gasteiger partial charge in [0.2, 0.25) is 0 Å². The zero-order chi connectivity index (χ0) is 23.5. The van der Waals surface area contributed by atoms with Crippen LogP contribution in [-0.4, -0.2) is 69.2 Å². The van der Waals surface area contributed by atoms with E-state index in [-0.39, 0.29) is 31.1 Å². The molecule has 1 aromatic rings. The predicted molar refractivity (Wildman–Crippen MR) is 128 cm³/mol. The molecule has 0 aliphatic carbocycles. The highest BCUT2D eigenvalue weighted by molar-refractivity contribution is 8.76. The van der Waals surface area contributed by atoms with Crippen LogP contribution in [0, 0.1) is 0 Å². The number of benzene rings is 1. The van der Waals surface area contributed by atoms with Gasteiger partial charge in [-0.25, -0.2) is 4.79 Å². The second-order valence-corrected chi connectivity index (χ2v) is 11.1. The topological polar surface area (TPSA) is 97.4 Å². The molecule has 0 unspecified atom stereocenters.